The van der Waals surface area contributed by atoms with Crippen molar-refractivity contribution in [3.63, 3.8) is 0 Å². The molecule has 2 unspecified atom stereocenters. The summed E-state index contributed by atoms with van der Waals surface area (Å²) in [6, 6.07) is 11.1. The lowest BCUT2D eigenvalue weighted by Gasteiger charge is -2.27. The van der Waals surface area contributed by atoms with E-state index in [2.05, 4.69) is 0 Å². The summed E-state index contributed by atoms with van der Waals surface area (Å²) in [5, 5.41) is 11.5. The van der Waals surface area contributed by atoms with Gasteiger partial charge in [0.1, 0.15) is 17.3 Å². The summed E-state index contributed by atoms with van der Waals surface area (Å²) in [5.41, 5.74) is 0.995. The second-order valence-electron chi connectivity index (χ2n) is 7.94. The molecule has 174 valence electrons. The van der Waals surface area contributed by atoms with Crippen molar-refractivity contribution in [3.8, 4) is 11.5 Å². The van der Waals surface area contributed by atoms with E-state index >= 15 is 0 Å². The summed E-state index contributed by atoms with van der Waals surface area (Å²) >= 11 is 6.24. The van der Waals surface area contributed by atoms with E-state index in [1.165, 1.54) is 18.1 Å². The first-order valence-corrected chi connectivity index (χ1v) is 11.3. The van der Waals surface area contributed by atoms with Gasteiger partial charge in [-0.2, -0.15) is 0 Å². The summed E-state index contributed by atoms with van der Waals surface area (Å²) in [4.78, 5) is 27.8. The normalized spacial score (nSPS) is 22.1. The molecule has 4 rings (SSSR count). The molecule has 0 saturated carbocycles. The van der Waals surface area contributed by atoms with E-state index in [1.54, 1.807) is 24.3 Å². The predicted octanol–water partition coefficient (Wildman–Crippen LogP) is 4.35. The monoisotopic (exact) mass is 471 g/mol. The Labute approximate surface area is 197 Å². The number of ketones is 1. The van der Waals surface area contributed by atoms with Crippen molar-refractivity contribution in [2.24, 2.45) is 0 Å². The fraction of sp³-hybridized carbons (Fsp3) is 0.360. The van der Waals surface area contributed by atoms with Crippen LogP contribution in [0.5, 0.6) is 11.5 Å². The Morgan fingerprint density at radius 2 is 2.06 bits per heavy atom. The van der Waals surface area contributed by atoms with Crippen LogP contribution in [0.15, 0.2) is 48.0 Å². The van der Waals surface area contributed by atoms with Crippen LogP contribution in [0.2, 0.25) is 5.02 Å². The molecule has 0 aromatic heterocycles. The van der Waals surface area contributed by atoms with Crippen LogP contribution < -0.4 is 9.47 Å². The Morgan fingerprint density at radius 3 is 2.73 bits per heavy atom. The topological polar surface area (TPSA) is 85.3 Å². The number of nitrogens with zero attached hydrogens (tertiary/aromatic N) is 1. The number of carbonyl (C=O) groups is 2. The van der Waals surface area contributed by atoms with Gasteiger partial charge in [0.2, 0.25) is 0 Å². The largest absolute Gasteiger partial charge is 0.507 e. The van der Waals surface area contributed by atoms with E-state index in [0.717, 1.165) is 12.8 Å². The third-order valence-electron chi connectivity index (χ3n) is 5.87. The number of rotatable bonds is 7. The molecule has 8 heteroatoms. The second-order valence-corrected chi connectivity index (χ2v) is 8.35. The van der Waals surface area contributed by atoms with Crippen LogP contribution in [-0.4, -0.2) is 54.7 Å². The number of aliphatic hydroxyl groups excluding tert-OH is 1. The molecular weight excluding hydrogens is 446 g/mol. The minimum Gasteiger partial charge on any atom is -0.507 e. The Kier molecular flexibility index (Phi) is 6.91. The quantitative estimate of drug-likeness (QED) is 0.367. The molecule has 0 bridgehead atoms. The van der Waals surface area contributed by atoms with Crippen LogP contribution in [0, 0.1) is 0 Å². The third-order valence-corrected chi connectivity index (χ3v) is 6.17. The molecule has 2 aliphatic heterocycles. The van der Waals surface area contributed by atoms with Crippen molar-refractivity contribution in [2.45, 2.75) is 31.9 Å². The van der Waals surface area contributed by atoms with Crippen molar-refractivity contribution < 1.29 is 28.9 Å². The highest BCUT2D eigenvalue weighted by Crippen LogP contribution is 2.41. The van der Waals surface area contributed by atoms with Gasteiger partial charge in [0.05, 0.1) is 36.5 Å². The van der Waals surface area contributed by atoms with Crippen LogP contribution in [0.3, 0.4) is 0 Å². The maximum Gasteiger partial charge on any atom is 0.295 e. The molecule has 1 amide bonds. The smallest absolute Gasteiger partial charge is 0.295 e. The van der Waals surface area contributed by atoms with Gasteiger partial charge in [-0.05, 0) is 55.7 Å². The van der Waals surface area contributed by atoms with Crippen molar-refractivity contribution >= 4 is 29.1 Å². The average Bonchev–Trinajstić information content (AvgIpc) is 3.41. The van der Waals surface area contributed by atoms with E-state index in [0.29, 0.717) is 35.8 Å². The number of hydrogen-bond donors (Lipinski definition) is 1. The number of Topliss-reactive ketones (excluding diaryl/α,β-unsaturated/α-hetero) is 1. The van der Waals surface area contributed by atoms with Crippen LogP contribution in [0.25, 0.3) is 5.76 Å². The fourth-order valence-electron chi connectivity index (χ4n) is 4.33. The molecular formula is C25H26ClNO6. The Balaban J connectivity index is 1.83. The van der Waals surface area contributed by atoms with Gasteiger partial charge < -0.3 is 24.2 Å². The molecule has 2 aromatic carbocycles. The highest BCUT2D eigenvalue weighted by molar-refractivity contribution is 6.46. The maximum absolute atomic E-state index is 13.2. The van der Waals surface area contributed by atoms with Crippen LogP contribution in [0.4, 0.5) is 0 Å². The number of halogens is 1. The summed E-state index contributed by atoms with van der Waals surface area (Å²) in [5.74, 6) is -0.652. The van der Waals surface area contributed by atoms with E-state index < -0.39 is 17.7 Å². The van der Waals surface area contributed by atoms with Gasteiger partial charge in [-0.1, -0.05) is 23.7 Å². The summed E-state index contributed by atoms with van der Waals surface area (Å²) in [6.07, 6.45) is 1.56. The molecule has 0 spiro atoms. The lowest BCUT2D eigenvalue weighted by molar-refractivity contribution is -0.140. The highest BCUT2D eigenvalue weighted by atomic mass is 35.5. The SMILES string of the molecule is CCOc1cccc(C2/C(=C(\O)c3ccc(OC)c(Cl)c3)C(=O)C(=O)N2CC2CCCO2)c1. The number of carbonyl (C=O) groups excluding carboxylic acids is 2. The number of aliphatic hydroxyl groups is 1. The van der Waals surface area contributed by atoms with E-state index in [4.69, 9.17) is 25.8 Å². The Hall–Kier alpha value is -3.03. The molecule has 2 fully saturated rings. The molecule has 2 heterocycles. The van der Waals surface area contributed by atoms with Crippen molar-refractivity contribution in [3.05, 3.63) is 64.2 Å². The zero-order valence-electron chi connectivity index (χ0n) is 18.5. The molecule has 1 N–H and O–H groups in total. The van der Waals surface area contributed by atoms with Gasteiger partial charge in [0, 0.05) is 18.7 Å². The number of ether oxygens (including phenoxy) is 3. The van der Waals surface area contributed by atoms with E-state index in [9.17, 15) is 14.7 Å². The van der Waals surface area contributed by atoms with E-state index in [-0.39, 0.29) is 29.0 Å². The van der Waals surface area contributed by atoms with Crippen LogP contribution >= 0.6 is 11.6 Å². The Bertz CT molecular complexity index is 1090. The number of hydrogen-bond acceptors (Lipinski definition) is 6. The molecule has 2 saturated heterocycles. The predicted molar refractivity (Wildman–Crippen MR) is 124 cm³/mol. The van der Waals surface area contributed by atoms with Crippen LogP contribution in [-0.2, 0) is 14.3 Å². The summed E-state index contributed by atoms with van der Waals surface area (Å²) in [7, 11) is 1.49. The first-order chi connectivity index (χ1) is 15.9. The molecule has 7 nitrogen and oxygen atoms in total. The Morgan fingerprint density at radius 1 is 1.24 bits per heavy atom. The summed E-state index contributed by atoms with van der Waals surface area (Å²) in [6.45, 7) is 3.24. The van der Waals surface area contributed by atoms with Gasteiger partial charge >= 0.3 is 0 Å². The fourth-order valence-corrected chi connectivity index (χ4v) is 4.59. The lowest BCUT2D eigenvalue weighted by Crippen LogP contribution is -2.36. The zero-order chi connectivity index (χ0) is 23.5. The first kappa shape index (κ1) is 23.1. The molecule has 0 aliphatic carbocycles. The first-order valence-electron chi connectivity index (χ1n) is 10.9. The van der Waals surface area contributed by atoms with Gasteiger partial charge in [-0.15, -0.1) is 0 Å². The van der Waals surface area contributed by atoms with Crippen LogP contribution in [0.1, 0.15) is 36.9 Å². The molecule has 0 radical (unpaired) electrons. The maximum atomic E-state index is 13.2. The molecule has 2 atom stereocenters. The third kappa shape index (κ3) is 4.56. The van der Waals surface area contributed by atoms with E-state index in [1.807, 2.05) is 19.1 Å². The lowest BCUT2D eigenvalue weighted by atomic mass is 9.95. The number of benzene rings is 2. The van der Waals surface area contributed by atoms with Gasteiger partial charge in [-0.3, -0.25) is 9.59 Å². The minimum absolute atomic E-state index is 0.00730. The van der Waals surface area contributed by atoms with Gasteiger partial charge in [0.15, 0.2) is 0 Å². The van der Waals surface area contributed by atoms with Gasteiger partial charge in [-0.25, -0.2) is 0 Å². The molecule has 2 aromatic rings. The highest BCUT2D eigenvalue weighted by Gasteiger charge is 2.47. The molecule has 2 aliphatic rings. The standard InChI is InChI=1S/C25H26ClNO6/c1-3-32-17-7-4-6-15(12-17)22-21(23(28)16-9-10-20(31-2)19(26)13-16)24(29)25(30)27(22)14-18-8-5-11-33-18/h4,6-7,9-10,12-13,18,22,28H,3,5,8,11,14H2,1-2H3/b23-21+. The second kappa shape index (κ2) is 9.85. The number of likely N-dealkylation sites (tertiary alicyclic amines) is 1. The zero-order valence-corrected chi connectivity index (χ0v) is 19.3. The number of amides is 1. The minimum atomic E-state index is -0.782. The summed E-state index contributed by atoms with van der Waals surface area (Å²) < 4.78 is 16.5. The number of methoxy groups -OCH3 is 1. The van der Waals surface area contributed by atoms with Crippen molar-refractivity contribution in [1.29, 1.82) is 0 Å². The molecule has 33 heavy (non-hydrogen) atoms. The van der Waals surface area contributed by atoms with Gasteiger partial charge in [0.25, 0.3) is 11.7 Å². The average molecular weight is 472 g/mol. The van der Waals surface area contributed by atoms with Crippen molar-refractivity contribution in [2.75, 3.05) is 26.9 Å². The van der Waals surface area contributed by atoms with Crippen molar-refractivity contribution in [1.82, 2.24) is 4.90 Å².